The number of amides is 1. The Balaban J connectivity index is 1.49. The lowest BCUT2D eigenvalue weighted by molar-refractivity contribution is -0.185. The van der Waals surface area contributed by atoms with Crippen LogP contribution in [-0.4, -0.2) is 52.6 Å². The Bertz CT molecular complexity index is 1500. The van der Waals surface area contributed by atoms with Crippen LogP contribution in [0.3, 0.4) is 0 Å². The molecule has 2 aromatic carbocycles. The number of ether oxygens (including phenoxy) is 2. The average Bonchev–Trinajstić information content (AvgIpc) is 3.36. The van der Waals surface area contributed by atoms with E-state index in [1.807, 2.05) is 0 Å². The van der Waals surface area contributed by atoms with E-state index in [2.05, 4.69) is 20.4 Å². The van der Waals surface area contributed by atoms with Crippen LogP contribution in [0.25, 0.3) is 22.3 Å². The topological polar surface area (TPSA) is 120 Å². The van der Waals surface area contributed by atoms with Gasteiger partial charge in [0.1, 0.15) is 17.8 Å². The molecule has 0 saturated heterocycles. The molecule has 0 unspecified atom stereocenters. The van der Waals surface area contributed by atoms with Gasteiger partial charge in [0.15, 0.2) is 23.1 Å². The first-order valence-electron chi connectivity index (χ1n) is 11.6. The van der Waals surface area contributed by atoms with Crippen molar-refractivity contribution in [2.45, 2.75) is 31.9 Å². The van der Waals surface area contributed by atoms with Crippen molar-refractivity contribution in [3.05, 3.63) is 59.7 Å². The number of benzene rings is 2. The van der Waals surface area contributed by atoms with Gasteiger partial charge in [0, 0.05) is 23.8 Å². The number of aromatic nitrogens is 3. The Kier molecular flexibility index (Phi) is 7.72. The number of aliphatic hydroxyl groups is 1. The molecule has 4 aromatic rings. The maximum absolute atomic E-state index is 14.9. The molecule has 13 heteroatoms. The Morgan fingerprint density at radius 1 is 1.10 bits per heavy atom. The van der Waals surface area contributed by atoms with Gasteiger partial charge in [0.05, 0.1) is 43.1 Å². The zero-order valence-corrected chi connectivity index (χ0v) is 21.1. The summed E-state index contributed by atoms with van der Waals surface area (Å²) in [4.78, 5) is 21.3. The standard InChI is InChI=1S/C26H24F4N4O5/c1-25(2,26(28,29)30)22-12-23(34-39-22)33-24(36)9-14-4-5-15(8-16(14)27)19-13-31-17-10-21(38-7-6-35)20(37-3)11-18(17)32-19/h4-5,8,10-13,35H,6-7,9H2,1-3H3,(H,33,34,36). The van der Waals surface area contributed by atoms with Gasteiger partial charge in [-0.1, -0.05) is 17.3 Å². The molecule has 39 heavy (non-hydrogen) atoms. The molecule has 0 saturated carbocycles. The van der Waals surface area contributed by atoms with Gasteiger partial charge in [-0.15, -0.1) is 0 Å². The predicted molar refractivity (Wildman–Crippen MR) is 132 cm³/mol. The maximum atomic E-state index is 14.9. The highest BCUT2D eigenvalue weighted by Gasteiger charge is 2.51. The lowest BCUT2D eigenvalue weighted by Crippen LogP contribution is -2.35. The molecule has 4 rings (SSSR count). The summed E-state index contributed by atoms with van der Waals surface area (Å²) in [6.45, 7) is 1.76. The number of hydrogen-bond acceptors (Lipinski definition) is 8. The lowest BCUT2D eigenvalue weighted by atomic mass is 9.89. The van der Waals surface area contributed by atoms with Crippen LogP contribution in [0.5, 0.6) is 11.5 Å². The van der Waals surface area contributed by atoms with Gasteiger partial charge in [-0.05, 0) is 25.5 Å². The van der Waals surface area contributed by atoms with Crippen LogP contribution in [0.15, 0.2) is 47.1 Å². The van der Waals surface area contributed by atoms with Crippen LogP contribution < -0.4 is 14.8 Å². The Hall–Kier alpha value is -4.26. The van der Waals surface area contributed by atoms with E-state index in [-0.39, 0.29) is 24.6 Å². The lowest BCUT2D eigenvalue weighted by Gasteiger charge is -2.24. The highest BCUT2D eigenvalue weighted by atomic mass is 19.4. The fourth-order valence-electron chi connectivity index (χ4n) is 3.57. The van der Waals surface area contributed by atoms with E-state index in [1.54, 1.807) is 18.2 Å². The normalized spacial score (nSPS) is 12.0. The van der Waals surface area contributed by atoms with E-state index >= 15 is 0 Å². The van der Waals surface area contributed by atoms with Crippen molar-refractivity contribution in [1.29, 1.82) is 0 Å². The van der Waals surface area contributed by atoms with Crippen LogP contribution in [-0.2, 0) is 16.6 Å². The smallest absolute Gasteiger partial charge is 0.401 e. The molecule has 2 aromatic heterocycles. The molecule has 0 radical (unpaired) electrons. The molecule has 0 bridgehead atoms. The highest BCUT2D eigenvalue weighted by Crippen LogP contribution is 2.41. The minimum absolute atomic E-state index is 0.0525. The third-order valence-corrected chi connectivity index (χ3v) is 5.98. The SMILES string of the molecule is COc1cc2nc(-c3ccc(CC(=O)Nc4cc(C(C)(C)C(F)(F)F)on4)c(F)c3)cnc2cc1OCCO. The second-order valence-electron chi connectivity index (χ2n) is 9.05. The number of nitrogens with one attached hydrogen (secondary N) is 1. The molecule has 0 aliphatic heterocycles. The summed E-state index contributed by atoms with van der Waals surface area (Å²) in [6.07, 6.45) is -3.53. The van der Waals surface area contributed by atoms with Crippen LogP contribution in [0, 0.1) is 5.82 Å². The molecular weight excluding hydrogens is 524 g/mol. The molecular formula is C26H24F4N4O5. The van der Waals surface area contributed by atoms with Gasteiger partial charge >= 0.3 is 6.18 Å². The van der Waals surface area contributed by atoms with E-state index < -0.39 is 35.5 Å². The number of fused-ring (bicyclic) bond motifs is 1. The van der Waals surface area contributed by atoms with Crippen LogP contribution in [0.2, 0.25) is 0 Å². The van der Waals surface area contributed by atoms with Crippen molar-refractivity contribution in [3.63, 3.8) is 0 Å². The molecule has 9 nitrogen and oxygen atoms in total. The second-order valence-corrected chi connectivity index (χ2v) is 9.05. The summed E-state index contributed by atoms with van der Waals surface area (Å²) >= 11 is 0. The summed E-state index contributed by atoms with van der Waals surface area (Å²) < 4.78 is 70.0. The molecule has 0 aliphatic rings. The third kappa shape index (κ3) is 5.93. The zero-order chi connectivity index (χ0) is 28.4. The molecule has 0 atom stereocenters. The van der Waals surface area contributed by atoms with E-state index in [0.29, 0.717) is 33.8 Å². The van der Waals surface area contributed by atoms with Gasteiger partial charge in [0.25, 0.3) is 0 Å². The number of alkyl halides is 3. The molecule has 2 N–H and O–H groups in total. The van der Waals surface area contributed by atoms with E-state index in [0.717, 1.165) is 19.9 Å². The quantitative estimate of drug-likeness (QED) is 0.286. The number of carbonyl (C=O) groups is 1. The van der Waals surface area contributed by atoms with Gasteiger partial charge in [-0.3, -0.25) is 9.78 Å². The molecule has 0 fully saturated rings. The molecule has 0 aliphatic carbocycles. The van der Waals surface area contributed by atoms with Crippen molar-refractivity contribution in [2.75, 3.05) is 25.6 Å². The number of carbonyl (C=O) groups excluding carboxylic acids is 1. The third-order valence-electron chi connectivity index (χ3n) is 5.98. The van der Waals surface area contributed by atoms with Crippen LogP contribution in [0.4, 0.5) is 23.4 Å². The summed E-state index contributed by atoms with van der Waals surface area (Å²) in [5.41, 5.74) is -0.526. The number of rotatable bonds is 9. The van der Waals surface area contributed by atoms with Gasteiger partial charge < -0.3 is 24.4 Å². The number of methoxy groups -OCH3 is 1. The average molecular weight is 548 g/mol. The van der Waals surface area contributed by atoms with E-state index in [1.165, 1.54) is 25.4 Å². The number of anilines is 1. The van der Waals surface area contributed by atoms with Crippen molar-refractivity contribution in [2.24, 2.45) is 0 Å². The first-order valence-corrected chi connectivity index (χ1v) is 11.6. The second kappa shape index (κ2) is 10.8. The maximum Gasteiger partial charge on any atom is 0.401 e. The first-order chi connectivity index (χ1) is 18.4. The predicted octanol–water partition coefficient (Wildman–Crippen LogP) is 4.82. The largest absolute Gasteiger partial charge is 0.493 e. The molecule has 1 amide bonds. The Morgan fingerprint density at radius 3 is 2.51 bits per heavy atom. The monoisotopic (exact) mass is 548 g/mol. The molecule has 2 heterocycles. The summed E-state index contributed by atoms with van der Waals surface area (Å²) in [7, 11) is 1.46. The Morgan fingerprint density at radius 2 is 1.85 bits per heavy atom. The number of halogens is 4. The zero-order valence-electron chi connectivity index (χ0n) is 21.1. The van der Waals surface area contributed by atoms with Crippen molar-refractivity contribution in [3.8, 4) is 22.8 Å². The van der Waals surface area contributed by atoms with Crippen LogP contribution >= 0.6 is 0 Å². The van der Waals surface area contributed by atoms with Crippen molar-refractivity contribution in [1.82, 2.24) is 15.1 Å². The minimum atomic E-state index is -4.59. The molecule has 206 valence electrons. The van der Waals surface area contributed by atoms with Gasteiger partial charge in [-0.2, -0.15) is 13.2 Å². The van der Waals surface area contributed by atoms with Crippen molar-refractivity contribution >= 4 is 22.8 Å². The molecule has 0 spiro atoms. The summed E-state index contributed by atoms with van der Waals surface area (Å²) in [5.74, 6) is -1.28. The number of hydrogen-bond donors (Lipinski definition) is 2. The van der Waals surface area contributed by atoms with E-state index in [9.17, 15) is 22.4 Å². The van der Waals surface area contributed by atoms with Gasteiger partial charge in [-0.25, -0.2) is 9.37 Å². The van der Waals surface area contributed by atoms with Crippen LogP contribution in [0.1, 0.15) is 25.2 Å². The van der Waals surface area contributed by atoms with E-state index in [4.69, 9.17) is 19.1 Å². The number of nitrogens with zero attached hydrogens (tertiary/aromatic N) is 3. The summed E-state index contributed by atoms with van der Waals surface area (Å²) in [6, 6.07) is 8.39. The number of aliphatic hydroxyl groups excluding tert-OH is 1. The van der Waals surface area contributed by atoms with Gasteiger partial charge in [0.2, 0.25) is 5.91 Å². The fraction of sp³-hybridized carbons (Fsp3) is 0.308. The fourth-order valence-corrected chi connectivity index (χ4v) is 3.57. The first kappa shape index (κ1) is 27.8. The summed E-state index contributed by atoms with van der Waals surface area (Å²) in [5, 5.41) is 14.8. The highest BCUT2D eigenvalue weighted by molar-refractivity contribution is 5.91. The van der Waals surface area contributed by atoms with Crippen molar-refractivity contribution < 1.29 is 41.5 Å². The Labute approximate surface area is 219 Å². The minimum Gasteiger partial charge on any atom is -0.493 e.